The van der Waals surface area contributed by atoms with E-state index in [1.165, 1.54) is 11.8 Å². The van der Waals surface area contributed by atoms with Gasteiger partial charge in [0.15, 0.2) is 11.0 Å². The summed E-state index contributed by atoms with van der Waals surface area (Å²) >= 11 is 1.37. The van der Waals surface area contributed by atoms with Crippen LogP contribution < -0.4 is 10.2 Å². The lowest BCUT2D eigenvalue weighted by atomic mass is 10.1. The summed E-state index contributed by atoms with van der Waals surface area (Å²) in [4.78, 5) is 14.6. The standard InChI is InChI=1S/C23H27N5OS/c1-6-13-28-22(18-11-8-12-19(14-18)27(4)5)25-26-23(28)30-15-20(29)24-21-16(2)9-7-10-17(21)3/h6-12,14H,1,13,15H2,2-5H3,(H,24,29). The molecule has 3 aromatic rings. The van der Waals surface area contributed by atoms with E-state index in [2.05, 4.69) is 28.2 Å². The van der Waals surface area contributed by atoms with Crippen LogP contribution in [0.1, 0.15) is 11.1 Å². The SMILES string of the molecule is C=CCn1c(SCC(=O)Nc2c(C)cccc2C)nnc1-c1cccc(N(C)C)c1. The van der Waals surface area contributed by atoms with Crippen LogP contribution in [0.3, 0.4) is 0 Å². The third-order valence-electron chi connectivity index (χ3n) is 4.73. The third-order valence-corrected chi connectivity index (χ3v) is 5.69. The fraction of sp³-hybridized carbons (Fsp3) is 0.261. The fourth-order valence-electron chi connectivity index (χ4n) is 3.14. The van der Waals surface area contributed by atoms with Crippen molar-refractivity contribution in [2.45, 2.75) is 25.5 Å². The summed E-state index contributed by atoms with van der Waals surface area (Å²) in [5, 5.41) is 12.4. The van der Waals surface area contributed by atoms with Crippen LogP contribution in [0.5, 0.6) is 0 Å². The average Bonchev–Trinajstić information content (AvgIpc) is 3.12. The van der Waals surface area contributed by atoms with E-state index in [1.807, 2.05) is 79.9 Å². The number of aromatic nitrogens is 3. The van der Waals surface area contributed by atoms with Gasteiger partial charge in [0.1, 0.15) is 0 Å². The maximum absolute atomic E-state index is 12.5. The van der Waals surface area contributed by atoms with E-state index in [0.29, 0.717) is 11.7 Å². The van der Waals surface area contributed by atoms with Crippen LogP contribution in [0.25, 0.3) is 11.4 Å². The Morgan fingerprint density at radius 3 is 2.53 bits per heavy atom. The minimum absolute atomic E-state index is 0.0679. The lowest BCUT2D eigenvalue weighted by Crippen LogP contribution is -2.16. The number of carbonyl (C=O) groups excluding carboxylic acids is 1. The van der Waals surface area contributed by atoms with Crippen LogP contribution >= 0.6 is 11.8 Å². The van der Waals surface area contributed by atoms with Crippen molar-refractivity contribution in [3.63, 3.8) is 0 Å². The number of nitrogens with zero attached hydrogens (tertiary/aromatic N) is 4. The molecule has 1 heterocycles. The third kappa shape index (κ3) is 4.91. The molecule has 2 aromatic carbocycles. The molecule has 0 aliphatic rings. The molecule has 0 unspecified atom stereocenters. The minimum atomic E-state index is -0.0679. The van der Waals surface area contributed by atoms with E-state index in [0.717, 1.165) is 33.9 Å². The van der Waals surface area contributed by atoms with E-state index in [1.54, 1.807) is 0 Å². The zero-order chi connectivity index (χ0) is 21.7. The highest BCUT2D eigenvalue weighted by atomic mass is 32.2. The van der Waals surface area contributed by atoms with E-state index in [9.17, 15) is 4.79 Å². The molecule has 0 saturated heterocycles. The predicted molar refractivity (Wildman–Crippen MR) is 125 cm³/mol. The number of nitrogens with one attached hydrogen (secondary N) is 1. The van der Waals surface area contributed by atoms with E-state index in [-0.39, 0.29) is 11.7 Å². The Balaban J connectivity index is 1.78. The van der Waals surface area contributed by atoms with Gasteiger partial charge in [-0.1, -0.05) is 48.2 Å². The summed E-state index contributed by atoms with van der Waals surface area (Å²) in [5.74, 6) is 0.943. The van der Waals surface area contributed by atoms with Crippen molar-refractivity contribution < 1.29 is 4.79 Å². The highest BCUT2D eigenvalue weighted by molar-refractivity contribution is 7.99. The van der Waals surface area contributed by atoms with Crippen molar-refractivity contribution in [1.29, 1.82) is 0 Å². The number of aryl methyl sites for hydroxylation is 2. The second kappa shape index (κ2) is 9.63. The number of para-hydroxylation sites is 1. The van der Waals surface area contributed by atoms with Crippen molar-refractivity contribution >= 4 is 29.0 Å². The number of amides is 1. The molecule has 1 N–H and O–H groups in total. The highest BCUT2D eigenvalue weighted by Gasteiger charge is 2.16. The maximum atomic E-state index is 12.5. The monoisotopic (exact) mass is 421 g/mol. The van der Waals surface area contributed by atoms with Crippen molar-refractivity contribution in [1.82, 2.24) is 14.8 Å². The molecular formula is C23H27N5OS. The molecule has 7 heteroatoms. The van der Waals surface area contributed by atoms with Crippen LogP contribution in [0.15, 0.2) is 60.3 Å². The summed E-state index contributed by atoms with van der Waals surface area (Å²) in [7, 11) is 4.01. The van der Waals surface area contributed by atoms with Crippen molar-refractivity contribution in [2.24, 2.45) is 0 Å². The average molecular weight is 422 g/mol. The van der Waals surface area contributed by atoms with Gasteiger partial charge in [0.05, 0.1) is 5.75 Å². The first-order valence-electron chi connectivity index (χ1n) is 9.71. The second-order valence-electron chi connectivity index (χ2n) is 7.25. The first-order valence-corrected chi connectivity index (χ1v) is 10.7. The summed E-state index contributed by atoms with van der Waals surface area (Å²) in [5.41, 5.74) is 5.03. The van der Waals surface area contributed by atoms with E-state index in [4.69, 9.17) is 0 Å². The number of rotatable bonds is 8. The molecule has 0 radical (unpaired) electrons. The van der Waals surface area contributed by atoms with Gasteiger partial charge in [-0.15, -0.1) is 16.8 Å². The van der Waals surface area contributed by atoms with Gasteiger partial charge < -0.3 is 10.2 Å². The minimum Gasteiger partial charge on any atom is -0.378 e. The summed E-state index contributed by atoms with van der Waals surface area (Å²) in [6.07, 6.45) is 1.81. The summed E-state index contributed by atoms with van der Waals surface area (Å²) < 4.78 is 1.98. The smallest absolute Gasteiger partial charge is 0.234 e. The van der Waals surface area contributed by atoms with Crippen molar-refractivity contribution in [2.75, 3.05) is 30.1 Å². The van der Waals surface area contributed by atoms with Gasteiger partial charge in [0, 0.05) is 37.6 Å². The van der Waals surface area contributed by atoms with Crippen molar-refractivity contribution in [3.8, 4) is 11.4 Å². The number of anilines is 2. The lowest BCUT2D eigenvalue weighted by molar-refractivity contribution is -0.113. The first-order chi connectivity index (χ1) is 14.4. The lowest BCUT2D eigenvalue weighted by Gasteiger charge is -2.14. The topological polar surface area (TPSA) is 63.1 Å². The maximum Gasteiger partial charge on any atom is 0.234 e. The number of carbonyl (C=O) groups is 1. The molecule has 1 aromatic heterocycles. The molecule has 0 aliphatic heterocycles. The number of thioether (sulfide) groups is 1. The van der Waals surface area contributed by atoms with Crippen LogP contribution in [-0.2, 0) is 11.3 Å². The Morgan fingerprint density at radius 2 is 1.87 bits per heavy atom. The van der Waals surface area contributed by atoms with Crippen LogP contribution in [-0.4, -0.2) is 40.5 Å². The Morgan fingerprint density at radius 1 is 1.17 bits per heavy atom. The van der Waals surface area contributed by atoms with Crippen LogP contribution in [0.4, 0.5) is 11.4 Å². The molecule has 0 fully saturated rings. The number of hydrogen-bond acceptors (Lipinski definition) is 5. The Kier molecular flexibility index (Phi) is 6.95. The van der Waals surface area contributed by atoms with Gasteiger partial charge >= 0.3 is 0 Å². The Labute approximate surface area is 182 Å². The second-order valence-corrected chi connectivity index (χ2v) is 8.20. The quantitative estimate of drug-likeness (QED) is 0.427. The summed E-state index contributed by atoms with van der Waals surface area (Å²) in [6, 6.07) is 14.1. The van der Waals surface area contributed by atoms with E-state index < -0.39 is 0 Å². The molecule has 156 valence electrons. The molecule has 1 amide bonds. The normalized spacial score (nSPS) is 10.7. The zero-order valence-electron chi connectivity index (χ0n) is 17.8. The van der Waals surface area contributed by atoms with Gasteiger partial charge in [-0.2, -0.15) is 0 Å². The van der Waals surface area contributed by atoms with Gasteiger partial charge in [-0.05, 0) is 37.1 Å². The molecule has 0 spiro atoms. The molecular weight excluding hydrogens is 394 g/mol. The first kappa shape index (κ1) is 21.6. The van der Waals surface area contributed by atoms with Gasteiger partial charge in [0.25, 0.3) is 0 Å². The number of benzene rings is 2. The van der Waals surface area contributed by atoms with Gasteiger partial charge in [0.2, 0.25) is 5.91 Å². The zero-order valence-corrected chi connectivity index (χ0v) is 18.7. The number of allylic oxidation sites excluding steroid dienone is 1. The van der Waals surface area contributed by atoms with Crippen LogP contribution in [0.2, 0.25) is 0 Å². The Hall–Kier alpha value is -3.06. The molecule has 0 saturated carbocycles. The molecule has 3 rings (SSSR count). The van der Waals surface area contributed by atoms with E-state index >= 15 is 0 Å². The van der Waals surface area contributed by atoms with Gasteiger partial charge in [-0.25, -0.2) is 0 Å². The highest BCUT2D eigenvalue weighted by Crippen LogP contribution is 2.27. The molecule has 0 aliphatic carbocycles. The van der Waals surface area contributed by atoms with Gasteiger partial charge in [-0.3, -0.25) is 9.36 Å². The summed E-state index contributed by atoms with van der Waals surface area (Å²) in [6.45, 7) is 8.40. The Bertz CT molecular complexity index is 1040. The molecule has 6 nitrogen and oxygen atoms in total. The van der Waals surface area contributed by atoms with Crippen LogP contribution in [0, 0.1) is 13.8 Å². The predicted octanol–water partition coefficient (Wildman–Crippen LogP) is 4.54. The number of hydrogen-bond donors (Lipinski definition) is 1. The largest absolute Gasteiger partial charge is 0.378 e. The molecule has 0 bridgehead atoms. The molecule has 0 atom stereocenters. The fourth-order valence-corrected chi connectivity index (χ4v) is 3.89. The van der Waals surface area contributed by atoms with Crippen molar-refractivity contribution in [3.05, 3.63) is 66.2 Å². The molecule has 30 heavy (non-hydrogen) atoms.